The van der Waals surface area contributed by atoms with Gasteiger partial charge in [0.1, 0.15) is 5.75 Å². The Morgan fingerprint density at radius 2 is 1.19 bits per heavy atom. The lowest BCUT2D eigenvalue weighted by atomic mass is 9.78. The molecule has 2 aliphatic carbocycles. The van der Waals surface area contributed by atoms with Crippen LogP contribution in [0.15, 0.2) is 12.1 Å². The highest BCUT2D eigenvalue weighted by atomic mass is 32.2. The molecule has 1 aromatic carbocycles. The lowest BCUT2D eigenvalue weighted by Gasteiger charge is -2.32. The van der Waals surface area contributed by atoms with Gasteiger partial charge < -0.3 is 4.18 Å². The molecule has 0 saturated heterocycles. The van der Waals surface area contributed by atoms with E-state index in [-0.39, 0.29) is 23.0 Å². The van der Waals surface area contributed by atoms with Gasteiger partial charge in [0.2, 0.25) is 0 Å². The van der Waals surface area contributed by atoms with Gasteiger partial charge in [0, 0.05) is 0 Å². The molecule has 0 radical (unpaired) electrons. The van der Waals surface area contributed by atoms with Crippen LogP contribution < -0.4 is 4.18 Å². The second-order valence-electron chi connectivity index (χ2n) is 9.75. The van der Waals surface area contributed by atoms with Gasteiger partial charge in [0.25, 0.3) is 0 Å². The molecule has 0 heterocycles. The Kier molecular flexibility index (Phi) is 8.56. The van der Waals surface area contributed by atoms with E-state index in [1.54, 1.807) is 12.1 Å². The van der Waals surface area contributed by atoms with Crippen LogP contribution in [0.4, 0.5) is 26.3 Å². The quantitative estimate of drug-likeness (QED) is 0.197. The fraction of sp³-hybridized carbons (Fsp3) is 0.739. The van der Waals surface area contributed by atoms with Crippen LogP contribution >= 0.6 is 0 Å². The van der Waals surface area contributed by atoms with E-state index in [4.69, 9.17) is 4.55 Å². The summed E-state index contributed by atoms with van der Waals surface area (Å²) in [6, 6.07) is 3.13. The first-order valence-electron chi connectivity index (χ1n) is 12.2. The number of alkyl halides is 6. The Hall–Kier alpha value is -1.54. The van der Waals surface area contributed by atoms with E-state index in [2.05, 4.69) is 4.18 Å². The topological polar surface area (TPSA) is 97.7 Å². The van der Waals surface area contributed by atoms with Crippen molar-refractivity contribution in [1.82, 2.24) is 0 Å². The molecule has 212 valence electrons. The van der Waals surface area contributed by atoms with Crippen molar-refractivity contribution >= 4 is 20.2 Å². The van der Waals surface area contributed by atoms with E-state index >= 15 is 0 Å². The highest BCUT2D eigenvalue weighted by Crippen LogP contribution is 2.52. The average Bonchev–Trinajstić information content (AvgIpc) is 2.84. The van der Waals surface area contributed by atoms with Gasteiger partial charge in [-0.15, -0.1) is 0 Å². The summed E-state index contributed by atoms with van der Waals surface area (Å²) in [6.07, 6.45) is 7.51. The molecule has 1 aromatic rings. The molecule has 0 aliphatic heterocycles. The number of hydrogen-bond donors (Lipinski definition) is 1. The number of benzene rings is 1. The summed E-state index contributed by atoms with van der Waals surface area (Å²) in [7, 11) is -14.0. The van der Waals surface area contributed by atoms with Crippen LogP contribution in [0.5, 0.6) is 5.75 Å². The zero-order valence-electron chi connectivity index (χ0n) is 20.2. The van der Waals surface area contributed by atoms with Gasteiger partial charge >= 0.3 is 36.7 Å². The molecular formula is C23H30F6O6S2. The molecule has 0 bridgehead atoms. The number of rotatable bonds is 9. The molecule has 2 saturated carbocycles. The first kappa shape index (κ1) is 30.0. The molecule has 3 rings (SSSR count). The van der Waals surface area contributed by atoms with Crippen LogP contribution in [0.3, 0.4) is 0 Å². The molecular weight excluding hydrogens is 550 g/mol. The zero-order valence-corrected chi connectivity index (χ0v) is 21.8. The predicted octanol–water partition coefficient (Wildman–Crippen LogP) is 6.76. The largest absolute Gasteiger partial charge is 0.450 e. The SMILES string of the molecule is CCc1cc(C2CCCCC2)c(OS(=O)(=O)C(F)(F)C(F)(F)C(F)(F)S(=O)(=O)O)c(C2CCCCC2)c1. The molecule has 0 spiro atoms. The van der Waals surface area contributed by atoms with Crippen molar-refractivity contribution in [2.24, 2.45) is 0 Å². The molecule has 2 fully saturated rings. The van der Waals surface area contributed by atoms with E-state index < -0.39 is 42.4 Å². The van der Waals surface area contributed by atoms with Gasteiger partial charge in [-0.05, 0) is 60.6 Å². The van der Waals surface area contributed by atoms with Crippen molar-refractivity contribution in [2.75, 3.05) is 0 Å². The van der Waals surface area contributed by atoms with Crippen molar-refractivity contribution in [3.63, 3.8) is 0 Å². The lowest BCUT2D eigenvalue weighted by molar-refractivity contribution is -0.247. The first-order valence-corrected chi connectivity index (χ1v) is 15.0. The smallest absolute Gasteiger partial charge is 0.377 e. The van der Waals surface area contributed by atoms with E-state index in [9.17, 15) is 43.2 Å². The van der Waals surface area contributed by atoms with Gasteiger partial charge in [-0.3, -0.25) is 4.55 Å². The zero-order chi connectivity index (χ0) is 27.9. The van der Waals surface area contributed by atoms with Crippen LogP contribution in [0.25, 0.3) is 0 Å². The second kappa shape index (κ2) is 10.6. The van der Waals surface area contributed by atoms with Crippen LogP contribution in [-0.2, 0) is 26.7 Å². The summed E-state index contributed by atoms with van der Waals surface area (Å²) < 4.78 is 145. The monoisotopic (exact) mass is 580 g/mol. The third-order valence-corrected chi connectivity index (χ3v) is 9.44. The molecule has 1 N–H and O–H groups in total. The molecule has 2 aliphatic rings. The second-order valence-corrected chi connectivity index (χ2v) is 12.8. The fourth-order valence-corrected chi connectivity index (χ4v) is 6.60. The highest BCUT2D eigenvalue weighted by Gasteiger charge is 2.83. The maximum atomic E-state index is 14.7. The minimum atomic E-state index is -7.12. The summed E-state index contributed by atoms with van der Waals surface area (Å²) in [5, 5.41) is -13.5. The van der Waals surface area contributed by atoms with Gasteiger partial charge in [0.05, 0.1) is 0 Å². The van der Waals surface area contributed by atoms with Crippen LogP contribution in [-0.4, -0.2) is 37.8 Å². The van der Waals surface area contributed by atoms with Crippen molar-refractivity contribution in [3.8, 4) is 5.75 Å². The predicted molar refractivity (Wildman–Crippen MR) is 123 cm³/mol. The maximum absolute atomic E-state index is 14.7. The summed E-state index contributed by atoms with van der Waals surface area (Å²) in [4.78, 5) is 0. The van der Waals surface area contributed by atoms with E-state index in [0.29, 0.717) is 32.1 Å². The normalized spacial score (nSPS) is 19.7. The Morgan fingerprint density at radius 1 is 0.784 bits per heavy atom. The van der Waals surface area contributed by atoms with Crippen LogP contribution in [0.1, 0.15) is 99.7 Å². The highest BCUT2D eigenvalue weighted by molar-refractivity contribution is 7.88. The Morgan fingerprint density at radius 3 is 1.54 bits per heavy atom. The maximum Gasteiger partial charge on any atom is 0.450 e. The molecule has 14 heteroatoms. The lowest BCUT2D eigenvalue weighted by Crippen LogP contribution is -2.61. The summed E-state index contributed by atoms with van der Waals surface area (Å²) in [5.41, 5.74) is 1.20. The van der Waals surface area contributed by atoms with Gasteiger partial charge in [-0.2, -0.15) is 43.2 Å². The van der Waals surface area contributed by atoms with Crippen LogP contribution in [0.2, 0.25) is 0 Å². The molecule has 0 amide bonds. The van der Waals surface area contributed by atoms with Gasteiger partial charge in [-0.1, -0.05) is 57.6 Å². The molecule has 0 aromatic heterocycles. The van der Waals surface area contributed by atoms with Crippen molar-refractivity contribution in [3.05, 3.63) is 28.8 Å². The number of halogens is 6. The Labute approximate surface area is 212 Å². The van der Waals surface area contributed by atoms with E-state index in [0.717, 1.165) is 44.1 Å². The summed E-state index contributed by atoms with van der Waals surface area (Å²) in [6.45, 7) is 1.83. The standard InChI is InChI=1S/C23H30F6O6S2/c1-2-15-13-18(16-9-5-3-6-10-16)20(19(14-15)17-11-7-4-8-12-17)35-37(33,34)23(28,29)21(24,25)22(26,27)36(30,31)32/h13-14,16-17H,2-12H2,1H3,(H,30,31,32). The molecule has 0 atom stereocenters. The van der Waals surface area contributed by atoms with E-state index in [1.165, 1.54) is 0 Å². The van der Waals surface area contributed by atoms with Gasteiger partial charge in [0.15, 0.2) is 0 Å². The average molecular weight is 581 g/mol. The third kappa shape index (κ3) is 5.47. The Bertz CT molecular complexity index is 1150. The van der Waals surface area contributed by atoms with Gasteiger partial charge in [-0.25, -0.2) is 0 Å². The molecule has 0 unspecified atom stereocenters. The fourth-order valence-electron chi connectivity index (χ4n) is 5.12. The number of hydrogen-bond acceptors (Lipinski definition) is 5. The summed E-state index contributed by atoms with van der Waals surface area (Å²) >= 11 is 0. The Balaban J connectivity index is 2.18. The third-order valence-electron chi connectivity index (χ3n) is 7.27. The van der Waals surface area contributed by atoms with Crippen molar-refractivity contribution in [2.45, 2.75) is 106 Å². The minimum absolute atomic E-state index is 0.226. The summed E-state index contributed by atoms with van der Waals surface area (Å²) in [5.74, 6) is -8.30. The van der Waals surface area contributed by atoms with Crippen molar-refractivity contribution in [1.29, 1.82) is 0 Å². The number of aryl methyl sites for hydroxylation is 1. The minimum Gasteiger partial charge on any atom is -0.377 e. The van der Waals surface area contributed by atoms with E-state index in [1.807, 2.05) is 6.92 Å². The first-order chi connectivity index (χ1) is 17.0. The molecule has 6 nitrogen and oxygen atoms in total. The van der Waals surface area contributed by atoms with Crippen molar-refractivity contribution < 1.29 is 51.9 Å². The molecule has 37 heavy (non-hydrogen) atoms. The van der Waals surface area contributed by atoms with Crippen LogP contribution in [0, 0.1) is 0 Å².